The van der Waals surface area contributed by atoms with Crippen LogP contribution in [0, 0.1) is 0 Å². The molecule has 0 heterocycles. The van der Waals surface area contributed by atoms with E-state index in [4.69, 9.17) is 11.5 Å². The van der Waals surface area contributed by atoms with Gasteiger partial charge in [-0.3, -0.25) is 9.11 Å². The summed E-state index contributed by atoms with van der Waals surface area (Å²) < 4.78 is 66.1. The number of rotatable bonds is 5. The maximum absolute atomic E-state index is 11.8. The molecule has 0 bridgehead atoms. The van der Waals surface area contributed by atoms with Crippen LogP contribution in [0.15, 0.2) is 68.6 Å². The number of carbonyl (C=O) groups is 1. The average Bonchev–Trinajstić information content (AvgIpc) is 2.64. The largest absolute Gasteiger partial charge is 0.399 e. The Hall–Kier alpha value is -3.59. The molecule has 0 radical (unpaired) electrons. The molecule has 0 atom stereocenters. The van der Waals surface area contributed by atoms with Crippen molar-refractivity contribution in [3.05, 3.63) is 48.5 Å². The van der Waals surface area contributed by atoms with Gasteiger partial charge in [0.1, 0.15) is 15.5 Å². The van der Waals surface area contributed by atoms with Gasteiger partial charge in [0.2, 0.25) is 0 Å². The van der Waals surface area contributed by atoms with E-state index in [-0.39, 0.29) is 27.8 Å². The molecular weight excluding hydrogens is 450 g/mol. The van der Waals surface area contributed by atoms with Crippen LogP contribution in [0.3, 0.4) is 0 Å². The van der Waals surface area contributed by atoms with Gasteiger partial charge in [-0.1, -0.05) is 12.1 Å². The first-order chi connectivity index (χ1) is 14.4. The van der Waals surface area contributed by atoms with Gasteiger partial charge in [-0.15, -0.1) is 5.11 Å². The number of urea groups is 1. The number of benzene rings is 3. The van der Waals surface area contributed by atoms with Crippen molar-refractivity contribution in [1.82, 2.24) is 0 Å². The second-order valence-electron chi connectivity index (χ2n) is 6.21. The summed E-state index contributed by atoms with van der Waals surface area (Å²) in [6, 6.07) is 8.97. The third-order valence-electron chi connectivity index (χ3n) is 4.01. The fourth-order valence-corrected chi connectivity index (χ4v) is 4.21. The Morgan fingerprint density at radius 3 is 2.16 bits per heavy atom. The van der Waals surface area contributed by atoms with Gasteiger partial charge >= 0.3 is 6.03 Å². The lowest BCUT2D eigenvalue weighted by Crippen LogP contribution is -2.19. The minimum Gasteiger partial charge on any atom is -0.399 e. The number of nitrogens with two attached hydrogens (primary N) is 2. The molecule has 12 nitrogen and oxygen atoms in total. The molecule has 0 aliphatic heterocycles. The van der Waals surface area contributed by atoms with Crippen molar-refractivity contribution in [3.8, 4) is 0 Å². The zero-order chi connectivity index (χ0) is 23.0. The van der Waals surface area contributed by atoms with Gasteiger partial charge in [-0.25, -0.2) is 4.79 Å². The molecule has 162 valence electrons. The number of hydrogen-bond acceptors (Lipinski definition) is 8. The SMILES string of the molecule is NC(=O)Nc1cc(N)ccc1N=Nc1cc(S(=O)(=O)O)c2cccc(S(=O)(=O)O)c2c1. The van der Waals surface area contributed by atoms with E-state index >= 15 is 0 Å². The summed E-state index contributed by atoms with van der Waals surface area (Å²) in [4.78, 5) is 9.93. The number of carbonyl (C=O) groups excluding carboxylic acids is 1. The number of azo groups is 1. The first-order valence-corrected chi connectivity index (χ1v) is 11.1. The molecule has 0 aliphatic carbocycles. The monoisotopic (exact) mass is 465 g/mol. The van der Waals surface area contributed by atoms with E-state index in [1.54, 1.807) is 0 Å². The number of nitrogen functional groups attached to an aromatic ring is 1. The Kier molecular flexibility index (Phi) is 5.64. The molecule has 2 amide bonds. The molecule has 0 spiro atoms. The predicted molar refractivity (Wildman–Crippen MR) is 112 cm³/mol. The highest BCUT2D eigenvalue weighted by Gasteiger charge is 2.21. The number of anilines is 2. The van der Waals surface area contributed by atoms with Crippen LogP contribution < -0.4 is 16.8 Å². The molecule has 0 saturated carbocycles. The zero-order valence-corrected chi connectivity index (χ0v) is 17.1. The lowest BCUT2D eigenvalue weighted by atomic mass is 10.1. The Labute approximate surface area is 176 Å². The minimum absolute atomic E-state index is 0.101. The molecule has 0 aromatic heterocycles. The summed E-state index contributed by atoms with van der Waals surface area (Å²) in [5, 5.41) is 9.71. The Morgan fingerprint density at radius 2 is 1.55 bits per heavy atom. The Morgan fingerprint density at radius 1 is 0.871 bits per heavy atom. The van der Waals surface area contributed by atoms with Crippen molar-refractivity contribution in [2.75, 3.05) is 11.1 Å². The van der Waals surface area contributed by atoms with Crippen molar-refractivity contribution in [2.24, 2.45) is 16.0 Å². The molecule has 14 heteroatoms. The number of fused-ring (bicyclic) bond motifs is 1. The fraction of sp³-hybridized carbons (Fsp3) is 0. The quantitative estimate of drug-likeness (QED) is 0.214. The number of nitrogens with one attached hydrogen (secondary N) is 1. The highest BCUT2D eigenvalue weighted by Crippen LogP contribution is 2.34. The van der Waals surface area contributed by atoms with Crippen molar-refractivity contribution in [2.45, 2.75) is 9.79 Å². The summed E-state index contributed by atoms with van der Waals surface area (Å²) in [5.41, 5.74) is 11.1. The van der Waals surface area contributed by atoms with Gasteiger partial charge < -0.3 is 16.8 Å². The molecule has 0 aliphatic rings. The molecule has 0 fully saturated rings. The van der Waals surface area contributed by atoms with E-state index in [9.17, 15) is 30.7 Å². The van der Waals surface area contributed by atoms with Gasteiger partial charge in [0.05, 0.1) is 11.4 Å². The highest BCUT2D eigenvalue weighted by molar-refractivity contribution is 7.86. The lowest BCUT2D eigenvalue weighted by molar-refractivity contribution is 0.259. The van der Waals surface area contributed by atoms with Crippen LogP contribution in [0.1, 0.15) is 0 Å². The van der Waals surface area contributed by atoms with Crippen LogP contribution in [0.4, 0.5) is 27.5 Å². The first kappa shape index (κ1) is 22.1. The van der Waals surface area contributed by atoms with Crippen molar-refractivity contribution >= 4 is 59.8 Å². The smallest absolute Gasteiger partial charge is 0.316 e. The topological polar surface area (TPSA) is 215 Å². The number of primary amides is 1. The van der Waals surface area contributed by atoms with Crippen LogP contribution in [0.2, 0.25) is 0 Å². The second-order valence-corrected chi connectivity index (χ2v) is 8.99. The van der Waals surface area contributed by atoms with Crippen molar-refractivity contribution in [3.63, 3.8) is 0 Å². The number of hydrogen-bond donors (Lipinski definition) is 5. The molecular formula is C17H15N5O7S2. The van der Waals surface area contributed by atoms with E-state index in [0.29, 0.717) is 5.69 Å². The summed E-state index contributed by atoms with van der Waals surface area (Å²) in [7, 11) is -9.52. The van der Waals surface area contributed by atoms with Gasteiger partial charge in [0, 0.05) is 16.5 Å². The van der Waals surface area contributed by atoms with E-state index in [1.807, 2.05) is 0 Å². The van der Waals surface area contributed by atoms with Gasteiger partial charge in [-0.05, 0) is 36.4 Å². The molecule has 3 aromatic rings. The summed E-state index contributed by atoms with van der Waals surface area (Å²) in [6.07, 6.45) is 0. The summed E-state index contributed by atoms with van der Waals surface area (Å²) >= 11 is 0. The van der Waals surface area contributed by atoms with Crippen LogP contribution >= 0.6 is 0 Å². The standard InChI is InChI=1S/C17H15N5O7S2/c18-9-4-5-13(14(6-9)20-17(19)23)22-21-10-7-12-11(16(8-10)31(27,28)29)2-1-3-15(12)30(24,25)26/h1-8H,18H2,(H3,19,20,23)(H,24,25,26)(H,27,28,29). The molecule has 7 N–H and O–H groups in total. The van der Waals surface area contributed by atoms with Crippen LogP contribution in [0.5, 0.6) is 0 Å². The van der Waals surface area contributed by atoms with E-state index in [1.165, 1.54) is 30.3 Å². The Bertz CT molecular complexity index is 1450. The summed E-state index contributed by atoms with van der Waals surface area (Å²) in [5.74, 6) is 0. The number of amides is 2. The van der Waals surface area contributed by atoms with E-state index in [2.05, 4.69) is 15.5 Å². The normalized spacial score (nSPS) is 12.3. The second kappa shape index (κ2) is 7.92. The van der Waals surface area contributed by atoms with E-state index in [0.717, 1.165) is 18.2 Å². The maximum Gasteiger partial charge on any atom is 0.316 e. The first-order valence-electron chi connectivity index (χ1n) is 8.26. The summed E-state index contributed by atoms with van der Waals surface area (Å²) in [6.45, 7) is 0. The number of nitrogens with zero attached hydrogens (tertiary/aromatic N) is 2. The minimum atomic E-state index is -4.79. The maximum atomic E-state index is 11.8. The molecule has 3 aromatic carbocycles. The lowest BCUT2D eigenvalue weighted by Gasteiger charge is -2.09. The third kappa shape index (κ3) is 4.95. The molecule has 0 saturated heterocycles. The van der Waals surface area contributed by atoms with E-state index < -0.39 is 36.1 Å². The van der Waals surface area contributed by atoms with Crippen LogP contribution in [-0.4, -0.2) is 32.0 Å². The van der Waals surface area contributed by atoms with Crippen LogP contribution in [0.25, 0.3) is 10.8 Å². The molecule has 0 unspecified atom stereocenters. The molecule has 3 rings (SSSR count). The van der Waals surface area contributed by atoms with Gasteiger partial charge in [0.15, 0.2) is 0 Å². The highest BCUT2D eigenvalue weighted by atomic mass is 32.2. The average molecular weight is 465 g/mol. The van der Waals surface area contributed by atoms with Crippen LogP contribution in [-0.2, 0) is 20.2 Å². The predicted octanol–water partition coefficient (Wildman–Crippen LogP) is 2.82. The fourth-order valence-electron chi connectivity index (χ4n) is 2.79. The molecule has 31 heavy (non-hydrogen) atoms. The zero-order valence-electron chi connectivity index (χ0n) is 15.4. The van der Waals surface area contributed by atoms with Crippen molar-refractivity contribution in [1.29, 1.82) is 0 Å². The van der Waals surface area contributed by atoms with Gasteiger partial charge in [-0.2, -0.15) is 21.9 Å². The van der Waals surface area contributed by atoms with Crippen molar-refractivity contribution < 1.29 is 30.7 Å². The Balaban J connectivity index is 2.24. The third-order valence-corrected chi connectivity index (χ3v) is 5.82. The van der Waals surface area contributed by atoms with Gasteiger partial charge in [0.25, 0.3) is 20.2 Å².